The van der Waals surface area contributed by atoms with E-state index in [1.165, 1.54) is 4.90 Å². The van der Waals surface area contributed by atoms with Crippen LogP contribution in [0.1, 0.15) is 59.8 Å². The zero-order chi connectivity index (χ0) is 27.6. The summed E-state index contributed by atoms with van der Waals surface area (Å²) in [6.45, 7) is 3.39. The van der Waals surface area contributed by atoms with Crippen molar-refractivity contribution in [2.75, 3.05) is 13.2 Å². The number of nitrogens with one attached hydrogen (secondary N) is 1. The molecule has 5 rings (SSSR count). The fraction of sp³-hybridized carbons (Fsp3) is 0.481. The average molecular weight is 539 g/mol. The fourth-order valence-electron chi connectivity index (χ4n) is 5.33. The molecule has 38 heavy (non-hydrogen) atoms. The number of likely N-dealkylation sites (tertiary alicyclic amines) is 1. The van der Waals surface area contributed by atoms with E-state index in [0.29, 0.717) is 23.6 Å². The Hall–Kier alpha value is -3.05. The van der Waals surface area contributed by atoms with Gasteiger partial charge in [-0.2, -0.15) is 13.2 Å². The van der Waals surface area contributed by atoms with Gasteiger partial charge in [0.1, 0.15) is 17.7 Å². The van der Waals surface area contributed by atoms with Gasteiger partial charge in [0.25, 0.3) is 5.91 Å². The zero-order valence-corrected chi connectivity index (χ0v) is 20.7. The molecule has 1 unspecified atom stereocenters. The van der Waals surface area contributed by atoms with Crippen molar-refractivity contribution in [2.24, 2.45) is 11.8 Å². The Morgan fingerprint density at radius 1 is 1.08 bits per heavy atom. The minimum atomic E-state index is -5.07. The standard InChI is InChI=1S/C27H27F5N2O4/c1-26(2,37)16-5-3-4-13(6-16)25(36)34-21-7-14(21)8-22(34)24(35)33-23(15-11-38-12-15)17-9-20(29)18(10-19(17)28)27(30,31)32/h3-6,9-10,14-15,21-23,37H,7-8,11-12H2,1-2H3,(H,33,35)/t14-,21-,22-,23?/m1/s1. The molecular formula is C27H27F5N2O4. The molecule has 2 amide bonds. The van der Waals surface area contributed by atoms with Gasteiger partial charge < -0.3 is 20.1 Å². The van der Waals surface area contributed by atoms with E-state index in [2.05, 4.69) is 5.32 Å². The van der Waals surface area contributed by atoms with Crippen molar-refractivity contribution >= 4 is 11.8 Å². The minimum absolute atomic E-state index is 0.0968. The lowest BCUT2D eigenvalue weighted by atomic mass is 9.89. The van der Waals surface area contributed by atoms with Gasteiger partial charge in [0.2, 0.25) is 5.91 Å². The quantitative estimate of drug-likeness (QED) is 0.538. The van der Waals surface area contributed by atoms with Crippen LogP contribution in [-0.2, 0) is 21.3 Å². The molecule has 3 aliphatic rings. The molecule has 1 aliphatic carbocycles. The van der Waals surface area contributed by atoms with Crippen molar-refractivity contribution in [1.82, 2.24) is 10.2 Å². The summed E-state index contributed by atoms with van der Waals surface area (Å²) in [5.74, 6) is -4.27. The van der Waals surface area contributed by atoms with Crippen molar-refractivity contribution in [3.05, 3.63) is 70.3 Å². The van der Waals surface area contributed by atoms with Gasteiger partial charge in [-0.05, 0) is 62.4 Å². The van der Waals surface area contributed by atoms with Crippen molar-refractivity contribution in [3.8, 4) is 0 Å². The molecule has 2 N–H and O–H groups in total. The number of carbonyl (C=O) groups excluding carboxylic acids is 2. The maximum absolute atomic E-state index is 14.8. The molecule has 1 saturated carbocycles. The first kappa shape index (κ1) is 26.6. The molecule has 3 fully saturated rings. The first-order chi connectivity index (χ1) is 17.8. The second-order valence-corrected chi connectivity index (χ2v) is 10.8. The number of hydrogen-bond donors (Lipinski definition) is 2. The van der Waals surface area contributed by atoms with Crippen LogP contribution >= 0.6 is 0 Å². The lowest BCUT2D eigenvalue weighted by Crippen LogP contribution is -2.51. The molecule has 204 valence electrons. The van der Waals surface area contributed by atoms with Gasteiger partial charge in [-0.1, -0.05) is 12.1 Å². The van der Waals surface area contributed by atoms with E-state index in [1.54, 1.807) is 38.1 Å². The Bertz CT molecular complexity index is 1270. The molecule has 0 bridgehead atoms. The monoisotopic (exact) mass is 538 g/mol. The van der Waals surface area contributed by atoms with Crippen LogP contribution in [0, 0.1) is 23.5 Å². The number of carbonyl (C=O) groups is 2. The third kappa shape index (κ3) is 4.89. The number of aliphatic hydroxyl groups is 1. The molecule has 6 nitrogen and oxygen atoms in total. The third-order valence-electron chi connectivity index (χ3n) is 7.62. The van der Waals surface area contributed by atoms with E-state index in [1.807, 2.05) is 0 Å². The van der Waals surface area contributed by atoms with E-state index < -0.39 is 64.4 Å². The number of piperidine rings is 1. The highest BCUT2D eigenvalue weighted by Crippen LogP contribution is 2.49. The van der Waals surface area contributed by atoms with Crippen molar-refractivity contribution in [3.63, 3.8) is 0 Å². The average Bonchev–Trinajstić information content (AvgIpc) is 3.46. The van der Waals surface area contributed by atoms with Gasteiger partial charge in [-0.25, -0.2) is 8.78 Å². The highest BCUT2D eigenvalue weighted by Gasteiger charge is 2.56. The molecule has 11 heteroatoms. The molecule has 2 aliphatic heterocycles. The Labute approximate surface area is 215 Å². The number of rotatable bonds is 6. The summed E-state index contributed by atoms with van der Waals surface area (Å²) in [5, 5.41) is 13.0. The van der Waals surface area contributed by atoms with E-state index >= 15 is 0 Å². The fourth-order valence-corrected chi connectivity index (χ4v) is 5.33. The molecule has 0 radical (unpaired) electrons. The Morgan fingerprint density at radius 3 is 2.39 bits per heavy atom. The molecule has 0 aromatic heterocycles. The highest BCUT2D eigenvalue weighted by atomic mass is 19.4. The van der Waals surface area contributed by atoms with Crippen molar-refractivity contribution in [1.29, 1.82) is 0 Å². The molecular weight excluding hydrogens is 511 g/mol. The number of nitrogens with zero attached hydrogens (tertiary/aromatic N) is 1. The van der Waals surface area contributed by atoms with Crippen LogP contribution in [0.15, 0.2) is 36.4 Å². The summed E-state index contributed by atoms with van der Waals surface area (Å²) in [5.41, 5.74) is -2.49. The predicted molar refractivity (Wildman–Crippen MR) is 125 cm³/mol. The smallest absolute Gasteiger partial charge is 0.386 e. The number of amides is 2. The summed E-state index contributed by atoms with van der Waals surface area (Å²) in [6.07, 6.45) is -3.96. The summed E-state index contributed by atoms with van der Waals surface area (Å²) in [7, 11) is 0. The second kappa shape index (κ2) is 9.30. The van der Waals surface area contributed by atoms with E-state index in [9.17, 15) is 36.6 Å². The topological polar surface area (TPSA) is 78.9 Å². The number of benzene rings is 2. The Kier molecular flexibility index (Phi) is 6.50. The van der Waals surface area contributed by atoms with Gasteiger partial charge in [-0.3, -0.25) is 9.59 Å². The van der Waals surface area contributed by atoms with Crippen LogP contribution in [-0.4, -0.2) is 47.1 Å². The molecule has 2 aromatic carbocycles. The predicted octanol–water partition coefficient (Wildman–Crippen LogP) is 4.32. The van der Waals surface area contributed by atoms with Gasteiger partial charge in [0.15, 0.2) is 0 Å². The molecule has 4 atom stereocenters. The molecule has 2 heterocycles. The minimum Gasteiger partial charge on any atom is -0.386 e. The maximum Gasteiger partial charge on any atom is 0.419 e. The van der Waals surface area contributed by atoms with Gasteiger partial charge >= 0.3 is 6.18 Å². The van der Waals surface area contributed by atoms with Crippen LogP contribution in [0.25, 0.3) is 0 Å². The summed E-state index contributed by atoms with van der Waals surface area (Å²) < 4.78 is 73.5. The number of fused-ring (bicyclic) bond motifs is 1. The molecule has 2 aromatic rings. The van der Waals surface area contributed by atoms with Crippen LogP contribution < -0.4 is 5.32 Å². The van der Waals surface area contributed by atoms with Crippen LogP contribution in [0.3, 0.4) is 0 Å². The molecule has 0 spiro atoms. The lowest BCUT2D eigenvalue weighted by molar-refractivity contribution is -0.140. The highest BCUT2D eigenvalue weighted by molar-refractivity contribution is 5.99. The summed E-state index contributed by atoms with van der Waals surface area (Å²) in [6, 6.07) is 4.90. The largest absolute Gasteiger partial charge is 0.419 e. The normalized spacial score (nSPS) is 24.0. The summed E-state index contributed by atoms with van der Waals surface area (Å²) in [4.78, 5) is 28.4. The van der Waals surface area contributed by atoms with Gasteiger partial charge in [0, 0.05) is 23.1 Å². The maximum atomic E-state index is 14.8. The zero-order valence-electron chi connectivity index (χ0n) is 20.7. The Morgan fingerprint density at radius 2 is 1.79 bits per heavy atom. The van der Waals surface area contributed by atoms with Crippen LogP contribution in [0.4, 0.5) is 22.0 Å². The van der Waals surface area contributed by atoms with E-state index in [-0.39, 0.29) is 31.2 Å². The summed E-state index contributed by atoms with van der Waals surface area (Å²) >= 11 is 0. The number of alkyl halides is 3. The first-order valence-electron chi connectivity index (χ1n) is 12.4. The van der Waals surface area contributed by atoms with Crippen LogP contribution in [0.5, 0.6) is 0 Å². The van der Waals surface area contributed by atoms with E-state index in [0.717, 1.165) is 6.42 Å². The van der Waals surface area contributed by atoms with E-state index in [4.69, 9.17) is 4.74 Å². The van der Waals surface area contributed by atoms with Crippen LogP contribution in [0.2, 0.25) is 0 Å². The van der Waals surface area contributed by atoms with Gasteiger partial charge in [0.05, 0.1) is 30.4 Å². The third-order valence-corrected chi connectivity index (χ3v) is 7.62. The van der Waals surface area contributed by atoms with Crippen molar-refractivity contribution < 1.29 is 41.4 Å². The molecule has 2 saturated heterocycles. The number of ether oxygens (including phenoxy) is 1. The number of hydrogen-bond acceptors (Lipinski definition) is 4. The number of halogens is 5. The SMILES string of the molecule is CC(C)(O)c1cccc(C(=O)N2[C@@H](C(=O)NC(c3cc(F)c(C(F)(F)F)cc3F)C3COC3)C[C@H]3C[C@H]32)c1. The lowest BCUT2D eigenvalue weighted by Gasteiger charge is -2.36. The van der Waals surface area contributed by atoms with Crippen molar-refractivity contribution in [2.45, 2.75) is 56.6 Å². The Balaban J connectivity index is 1.40. The second-order valence-electron chi connectivity index (χ2n) is 10.8. The van der Waals surface area contributed by atoms with Gasteiger partial charge in [-0.15, -0.1) is 0 Å². The first-order valence-corrected chi connectivity index (χ1v) is 12.4.